The molecule has 138 valence electrons. The zero-order valence-electron chi connectivity index (χ0n) is 14.4. The van der Waals surface area contributed by atoms with Crippen LogP contribution in [0, 0.1) is 0 Å². The van der Waals surface area contributed by atoms with Crippen molar-refractivity contribution >= 4 is 46.2 Å². The summed E-state index contributed by atoms with van der Waals surface area (Å²) >= 11 is 0.993. The maximum absolute atomic E-state index is 12.8. The first-order valence-corrected chi connectivity index (χ1v) is 8.58. The topological polar surface area (TPSA) is 117 Å². The van der Waals surface area contributed by atoms with Gasteiger partial charge < -0.3 is 15.0 Å². The monoisotopic (exact) mass is 385 g/mol. The van der Waals surface area contributed by atoms with Crippen molar-refractivity contribution < 1.29 is 19.1 Å². The molecule has 2 amide bonds. The zero-order valence-corrected chi connectivity index (χ0v) is 15.2. The predicted octanol–water partition coefficient (Wildman–Crippen LogP) is 1.59. The largest absolute Gasteiger partial charge is 0.466 e. The quantitative estimate of drug-likeness (QED) is 0.610. The molecule has 0 atom stereocenters. The fourth-order valence-electron chi connectivity index (χ4n) is 2.27. The summed E-state index contributed by atoms with van der Waals surface area (Å²) in [6.07, 6.45) is 2.44. The van der Waals surface area contributed by atoms with Gasteiger partial charge in [0.25, 0.3) is 11.8 Å². The number of ether oxygens (including phenoxy) is 1. The van der Waals surface area contributed by atoms with Crippen LogP contribution < -0.4 is 10.2 Å². The van der Waals surface area contributed by atoms with E-state index in [0.717, 1.165) is 17.8 Å². The van der Waals surface area contributed by atoms with E-state index < -0.39 is 17.8 Å². The van der Waals surface area contributed by atoms with Crippen LogP contribution in [-0.2, 0) is 14.3 Å². The molecule has 0 aliphatic carbocycles. The van der Waals surface area contributed by atoms with Gasteiger partial charge in [-0.05, 0) is 23.9 Å². The lowest BCUT2D eigenvalue weighted by Crippen LogP contribution is -2.29. The fourth-order valence-corrected chi connectivity index (χ4v) is 3.22. The first kappa shape index (κ1) is 18.4. The number of methoxy groups -OCH3 is 1. The van der Waals surface area contributed by atoms with Crippen molar-refractivity contribution in [2.75, 3.05) is 19.1 Å². The van der Waals surface area contributed by atoms with E-state index in [1.807, 2.05) is 6.07 Å². The van der Waals surface area contributed by atoms with Crippen molar-refractivity contribution in [2.45, 2.75) is 0 Å². The van der Waals surface area contributed by atoms with E-state index >= 15 is 0 Å². The molecule has 1 aliphatic heterocycles. The van der Waals surface area contributed by atoms with Crippen LogP contribution in [0.5, 0.6) is 0 Å². The van der Waals surface area contributed by atoms with Crippen molar-refractivity contribution in [3.8, 4) is 0 Å². The van der Waals surface area contributed by atoms with Crippen LogP contribution >= 0.6 is 11.8 Å². The number of aromatic amines is 1. The molecule has 0 radical (unpaired) electrons. The number of amidine groups is 1. The number of hydrogen-bond acceptors (Lipinski definition) is 7. The molecule has 2 heterocycles. The summed E-state index contributed by atoms with van der Waals surface area (Å²) in [7, 11) is 2.72. The predicted molar refractivity (Wildman–Crippen MR) is 101 cm³/mol. The van der Waals surface area contributed by atoms with Gasteiger partial charge in [-0.2, -0.15) is 0 Å². The Labute approximate surface area is 158 Å². The van der Waals surface area contributed by atoms with E-state index in [1.165, 1.54) is 25.4 Å². The highest BCUT2D eigenvalue weighted by atomic mass is 32.2. The third-order valence-corrected chi connectivity index (χ3v) is 4.51. The Morgan fingerprint density at radius 1 is 1.33 bits per heavy atom. The molecule has 3 rings (SSSR count). The normalized spacial score (nSPS) is 16.8. The summed E-state index contributed by atoms with van der Waals surface area (Å²) in [5, 5.41) is 2.75. The lowest BCUT2D eigenvalue weighted by Gasteiger charge is -2.15. The van der Waals surface area contributed by atoms with E-state index in [-0.39, 0.29) is 21.6 Å². The van der Waals surface area contributed by atoms with Gasteiger partial charge in [0.05, 0.1) is 24.0 Å². The van der Waals surface area contributed by atoms with Crippen LogP contribution in [0.3, 0.4) is 0 Å². The number of hydrogen-bond donors (Lipinski definition) is 2. The number of rotatable bonds is 4. The Bertz CT molecular complexity index is 951. The SMILES string of the molecule is CNC(=O)c1[nH]cnc1N=C1S/C(=C\C(=O)OC)C(=O)N1c1ccccc1. The summed E-state index contributed by atoms with van der Waals surface area (Å²) in [4.78, 5) is 48.9. The second-order valence-electron chi connectivity index (χ2n) is 5.18. The smallest absolute Gasteiger partial charge is 0.331 e. The third kappa shape index (κ3) is 3.75. The Morgan fingerprint density at radius 2 is 2.07 bits per heavy atom. The van der Waals surface area contributed by atoms with Gasteiger partial charge in [-0.15, -0.1) is 0 Å². The molecule has 10 heteroatoms. The molecule has 2 aromatic rings. The number of aliphatic imine (C=N–C) groups is 1. The van der Waals surface area contributed by atoms with E-state index in [2.05, 4.69) is 25.0 Å². The van der Waals surface area contributed by atoms with Gasteiger partial charge in [0.2, 0.25) is 0 Å². The molecule has 0 bridgehead atoms. The van der Waals surface area contributed by atoms with Gasteiger partial charge in [0, 0.05) is 13.1 Å². The lowest BCUT2D eigenvalue weighted by atomic mass is 10.3. The molecule has 9 nitrogen and oxygen atoms in total. The second-order valence-corrected chi connectivity index (χ2v) is 6.19. The Hall–Kier alpha value is -3.40. The number of carbonyl (C=O) groups is 3. The molecular weight excluding hydrogens is 370 g/mol. The average molecular weight is 385 g/mol. The summed E-state index contributed by atoms with van der Waals surface area (Å²) in [6, 6.07) is 8.84. The van der Waals surface area contributed by atoms with Gasteiger partial charge in [-0.3, -0.25) is 14.5 Å². The number of nitrogens with one attached hydrogen (secondary N) is 2. The van der Waals surface area contributed by atoms with Crippen LogP contribution in [0.4, 0.5) is 11.5 Å². The number of esters is 1. The standard InChI is InChI=1S/C17H15N5O4S/c1-18-15(24)13-14(20-9-19-13)21-17-22(10-6-4-3-5-7-10)16(25)11(27-17)8-12(23)26-2/h3-9H,1-2H3,(H,18,24)(H,19,20)/b11-8-,21-17?. The fraction of sp³-hybridized carbons (Fsp3) is 0.118. The van der Waals surface area contributed by atoms with E-state index in [0.29, 0.717) is 5.69 Å². The first-order valence-electron chi connectivity index (χ1n) is 7.76. The minimum atomic E-state index is -0.647. The molecular formula is C17H15N5O4S. The van der Waals surface area contributed by atoms with E-state index in [4.69, 9.17) is 0 Å². The number of benzene rings is 1. The van der Waals surface area contributed by atoms with E-state index in [9.17, 15) is 14.4 Å². The molecule has 1 aromatic heterocycles. The van der Waals surface area contributed by atoms with Crippen LogP contribution in [0.15, 0.2) is 52.6 Å². The Kier molecular flexibility index (Phi) is 5.36. The molecule has 0 unspecified atom stereocenters. The highest BCUT2D eigenvalue weighted by Crippen LogP contribution is 2.36. The summed E-state index contributed by atoms with van der Waals surface area (Å²) in [6.45, 7) is 0. The van der Waals surface area contributed by atoms with Gasteiger partial charge in [-0.1, -0.05) is 18.2 Å². The third-order valence-electron chi connectivity index (χ3n) is 3.55. The van der Waals surface area contributed by atoms with E-state index in [1.54, 1.807) is 24.3 Å². The Morgan fingerprint density at radius 3 is 2.74 bits per heavy atom. The number of aromatic nitrogens is 2. The molecule has 1 aromatic carbocycles. The number of carbonyl (C=O) groups excluding carboxylic acids is 3. The number of amides is 2. The number of nitrogens with zero attached hydrogens (tertiary/aromatic N) is 3. The highest BCUT2D eigenvalue weighted by molar-refractivity contribution is 8.19. The van der Waals surface area contributed by atoms with Crippen LogP contribution in [0.1, 0.15) is 10.5 Å². The summed E-state index contributed by atoms with van der Waals surface area (Å²) in [5.74, 6) is -1.33. The number of H-pyrrole nitrogens is 1. The minimum Gasteiger partial charge on any atom is -0.466 e. The van der Waals surface area contributed by atoms with Crippen molar-refractivity contribution in [3.05, 3.63) is 53.3 Å². The lowest BCUT2D eigenvalue weighted by molar-refractivity contribution is -0.135. The molecule has 1 fully saturated rings. The molecule has 27 heavy (non-hydrogen) atoms. The highest BCUT2D eigenvalue weighted by Gasteiger charge is 2.35. The average Bonchev–Trinajstić information content (AvgIpc) is 3.26. The molecule has 0 spiro atoms. The second kappa shape index (κ2) is 7.87. The van der Waals surface area contributed by atoms with Gasteiger partial charge in [0.1, 0.15) is 0 Å². The summed E-state index contributed by atoms with van der Waals surface area (Å²) < 4.78 is 4.60. The molecule has 0 saturated carbocycles. The van der Waals surface area contributed by atoms with Crippen LogP contribution in [-0.4, -0.2) is 47.1 Å². The number of anilines is 1. The molecule has 2 N–H and O–H groups in total. The van der Waals surface area contributed by atoms with Crippen molar-refractivity contribution in [2.24, 2.45) is 4.99 Å². The Balaban J connectivity index is 2.07. The van der Waals surface area contributed by atoms with Crippen LogP contribution in [0.2, 0.25) is 0 Å². The molecule has 1 aliphatic rings. The number of para-hydroxylation sites is 1. The van der Waals surface area contributed by atoms with Crippen molar-refractivity contribution in [3.63, 3.8) is 0 Å². The van der Waals surface area contributed by atoms with Crippen LogP contribution in [0.25, 0.3) is 0 Å². The minimum absolute atomic E-state index is 0.130. The van der Waals surface area contributed by atoms with Gasteiger partial charge in [-0.25, -0.2) is 14.8 Å². The maximum Gasteiger partial charge on any atom is 0.331 e. The summed E-state index contributed by atoms with van der Waals surface area (Å²) in [5.41, 5.74) is 0.732. The van der Waals surface area contributed by atoms with Crippen molar-refractivity contribution in [1.29, 1.82) is 0 Å². The zero-order chi connectivity index (χ0) is 19.4. The van der Waals surface area contributed by atoms with Gasteiger partial charge >= 0.3 is 5.97 Å². The van der Waals surface area contributed by atoms with Gasteiger partial charge in [0.15, 0.2) is 16.7 Å². The van der Waals surface area contributed by atoms with Crippen molar-refractivity contribution in [1.82, 2.24) is 15.3 Å². The number of thioether (sulfide) groups is 1. The first-order chi connectivity index (χ1) is 13.0. The number of imidazole rings is 1. The maximum atomic E-state index is 12.8. The molecule has 1 saturated heterocycles.